The third-order valence-corrected chi connectivity index (χ3v) is 3.99. The minimum Gasteiger partial charge on any atom is -0.490 e. The highest BCUT2D eigenvalue weighted by Gasteiger charge is 2.22. The molecule has 0 N–H and O–H groups in total. The van der Waals surface area contributed by atoms with Gasteiger partial charge in [-0.2, -0.15) is 0 Å². The van der Waals surface area contributed by atoms with Gasteiger partial charge < -0.3 is 9.47 Å². The lowest BCUT2D eigenvalue weighted by Gasteiger charge is -2.11. The second kappa shape index (κ2) is 5.86. The van der Waals surface area contributed by atoms with Crippen LogP contribution in [0.5, 0.6) is 5.75 Å². The summed E-state index contributed by atoms with van der Waals surface area (Å²) in [4.78, 5) is 0. The molecule has 0 aromatic heterocycles. The van der Waals surface area contributed by atoms with Gasteiger partial charge in [-0.05, 0) is 35.2 Å². The van der Waals surface area contributed by atoms with Gasteiger partial charge >= 0.3 is 0 Å². The summed E-state index contributed by atoms with van der Waals surface area (Å²) < 4.78 is 11.0. The number of hydrogen-bond donors (Lipinski definition) is 0. The fourth-order valence-corrected chi connectivity index (χ4v) is 2.91. The first kappa shape index (κ1) is 13.5. The van der Waals surface area contributed by atoms with Crippen molar-refractivity contribution in [1.82, 2.24) is 0 Å². The molecule has 2 aromatic rings. The Hall–Kier alpha value is -1.51. The standard InChI is InChI=1S/C17H17ClO2/c1-2-19-9-10-20-16-8-7-14-13-6-4-3-5-12(13)11-15(14)17(16)18/h3-8H,2,9-11H2,1H3. The van der Waals surface area contributed by atoms with Crippen molar-refractivity contribution in [2.45, 2.75) is 13.3 Å². The lowest BCUT2D eigenvalue weighted by molar-refractivity contribution is 0.110. The Bertz CT molecular complexity index is 622. The lowest BCUT2D eigenvalue weighted by Crippen LogP contribution is -2.06. The first-order valence-electron chi connectivity index (χ1n) is 6.91. The van der Waals surface area contributed by atoms with Crippen molar-refractivity contribution >= 4 is 11.6 Å². The normalized spacial score (nSPS) is 12.1. The molecule has 0 fully saturated rings. The van der Waals surface area contributed by atoms with E-state index in [4.69, 9.17) is 21.1 Å². The molecule has 3 rings (SSSR count). The largest absolute Gasteiger partial charge is 0.490 e. The number of ether oxygens (including phenoxy) is 2. The molecule has 0 spiro atoms. The van der Waals surface area contributed by atoms with E-state index in [1.165, 1.54) is 22.3 Å². The molecule has 0 heterocycles. The number of benzene rings is 2. The van der Waals surface area contributed by atoms with Crippen molar-refractivity contribution in [3.05, 3.63) is 52.5 Å². The molecule has 0 saturated heterocycles. The highest BCUT2D eigenvalue weighted by molar-refractivity contribution is 6.33. The van der Waals surface area contributed by atoms with Crippen molar-refractivity contribution in [1.29, 1.82) is 0 Å². The first-order valence-corrected chi connectivity index (χ1v) is 7.29. The van der Waals surface area contributed by atoms with Gasteiger partial charge in [0.2, 0.25) is 0 Å². The van der Waals surface area contributed by atoms with Gasteiger partial charge in [0.1, 0.15) is 12.4 Å². The summed E-state index contributed by atoms with van der Waals surface area (Å²) in [5, 5.41) is 0.732. The van der Waals surface area contributed by atoms with Crippen LogP contribution in [0, 0.1) is 0 Å². The molecule has 104 valence electrons. The van der Waals surface area contributed by atoms with Crippen molar-refractivity contribution in [3.63, 3.8) is 0 Å². The molecular weight excluding hydrogens is 272 g/mol. The topological polar surface area (TPSA) is 18.5 Å². The molecule has 20 heavy (non-hydrogen) atoms. The van der Waals surface area contributed by atoms with Crippen LogP contribution in [0.1, 0.15) is 18.1 Å². The molecule has 1 aliphatic carbocycles. The minimum absolute atomic E-state index is 0.527. The second-order valence-corrected chi connectivity index (χ2v) is 5.16. The van der Waals surface area contributed by atoms with Gasteiger partial charge in [0.25, 0.3) is 0 Å². The van der Waals surface area contributed by atoms with E-state index in [0.29, 0.717) is 19.8 Å². The molecule has 0 amide bonds. The maximum atomic E-state index is 6.49. The number of fused-ring (bicyclic) bond motifs is 3. The maximum Gasteiger partial charge on any atom is 0.138 e. The van der Waals surface area contributed by atoms with Gasteiger partial charge in [0.05, 0.1) is 11.6 Å². The zero-order valence-corrected chi connectivity index (χ0v) is 12.2. The van der Waals surface area contributed by atoms with Crippen LogP contribution in [0.15, 0.2) is 36.4 Å². The Morgan fingerprint density at radius 2 is 1.90 bits per heavy atom. The van der Waals surface area contributed by atoms with Crippen LogP contribution < -0.4 is 4.74 Å². The Morgan fingerprint density at radius 1 is 1.05 bits per heavy atom. The van der Waals surface area contributed by atoms with Crippen LogP contribution in [0.3, 0.4) is 0 Å². The van der Waals surface area contributed by atoms with E-state index in [1.807, 2.05) is 13.0 Å². The summed E-state index contributed by atoms with van der Waals surface area (Å²) >= 11 is 6.49. The monoisotopic (exact) mass is 288 g/mol. The van der Waals surface area contributed by atoms with Crippen molar-refractivity contribution in [3.8, 4) is 16.9 Å². The van der Waals surface area contributed by atoms with Gasteiger partial charge in [0, 0.05) is 13.0 Å². The number of rotatable bonds is 5. The van der Waals surface area contributed by atoms with E-state index in [-0.39, 0.29) is 0 Å². The SMILES string of the molecule is CCOCCOc1ccc2c(c1Cl)Cc1ccccc1-2. The van der Waals surface area contributed by atoms with Crippen LogP contribution >= 0.6 is 11.6 Å². The van der Waals surface area contributed by atoms with Crippen molar-refractivity contribution in [2.75, 3.05) is 19.8 Å². The highest BCUT2D eigenvalue weighted by atomic mass is 35.5. The average Bonchev–Trinajstić information content (AvgIpc) is 2.85. The van der Waals surface area contributed by atoms with Crippen LogP contribution in [0.25, 0.3) is 11.1 Å². The van der Waals surface area contributed by atoms with Crippen LogP contribution in [-0.4, -0.2) is 19.8 Å². The van der Waals surface area contributed by atoms with Crippen molar-refractivity contribution in [2.24, 2.45) is 0 Å². The van der Waals surface area contributed by atoms with Crippen LogP contribution in [0.4, 0.5) is 0 Å². The quantitative estimate of drug-likeness (QED) is 0.651. The van der Waals surface area contributed by atoms with Gasteiger partial charge in [-0.25, -0.2) is 0 Å². The van der Waals surface area contributed by atoms with E-state index in [9.17, 15) is 0 Å². The second-order valence-electron chi connectivity index (χ2n) is 4.78. The zero-order chi connectivity index (χ0) is 13.9. The summed E-state index contributed by atoms with van der Waals surface area (Å²) in [6, 6.07) is 12.5. The summed E-state index contributed by atoms with van der Waals surface area (Å²) in [6.07, 6.45) is 0.882. The van der Waals surface area contributed by atoms with Gasteiger partial charge in [0.15, 0.2) is 0 Å². The van der Waals surface area contributed by atoms with Gasteiger partial charge in [-0.15, -0.1) is 0 Å². The Morgan fingerprint density at radius 3 is 2.75 bits per heavy atom. The summed E-state index contributed by atoms with van der Waals surface area (Å²) in [6.45, 7) is 3.79. The molecule has 3 heteroatoms. The molecule has 0 aliphatic heterocycles. The summed E-state index contributed by atoms with van der Waals surface area (Å²) in [5.74, 6) is 0.748. The fraction of sp³-hybridized carbons (Fsp3) is 0.294. The van der Waals surface area contributed by atoms with E-state index >= 15 is 0 Å². The summed E-state index contributed by atoms with van der Waals surface area (Å²) in [5.41, 5.74) is 5.01. The van der Waals surface area contributed by atoms with Crippen LogP contribution in [0.2, 0.25) is 5.02 Å². The molecule has 0 saturated carbocycles. The minimum atomic E-state index is 0.527. The van der Waals surface area contributed by atoms with E-state index in [0.717, 1.165) is 17.2 Å². The molecule has 0 radical (unpaired) electrons. The van der Waals surface area contributed by atoms with Gasteiger partial charge in [-0.1, -0.05) is 41.9 Å². The lowest BCUT2D eigenvalue weighted by atomic mass is 10.1. The molecular formula is C17H17ClO2. The predicted molar refractivity (Wildman–Crippen MR) is 81.7 cm³/mol. The molecule has 0 atom stereocenters. The first-order chi connectivity index (χ1) is 9.81. The molecule has 0 unspecified atom stereocenters. The predicted octanol–water partition coefficient (Wildman–Crippen LogP) is 4.33. The van der Waals surface area contributed by atoms with E-state index in [1.54, 1.807) is 0 Å². The molecule has 2 nitrogen and oxygen atoms in total. The Kier molecular flexibility index (Phi) is 3.95. The Labute approximate surface area is 124 Å². The highest BCUT2D eigenvalue weighted by Crippen LogP contribution is 2.43. The third-order valence-electron chi connectivity index (χ3n) is 3.57. The van der Waals surface area contributed by atoms with Crippen molar-refractivity contribution < 1.29 is 9.47 Å². The zero-order valence-electron chi connectivity index (χ0n) is 11.5. The fourth-order valence-electron chi connectivity index (χ4n) is 2.62. The van der Waals surface area contributed by atoms with Crippen LogP contribution in [-0.2, 0) is 11.2 Å². The Balaban J connectivity index is 1.83. The molecule has 0 bridgehead atoms. The average molecular weight is 289 g/mol. The summed E-state index contributed by atoms with van der Waals surface area (Å²) in [7, 11) is 0. The van der Waals surface area contributed by atoms with E-state index in [2.05, 4.69) is 30.3 Å². The number of hydrogen-bond acceptors (Lipinski definition) is 2. The maximum absolute atomic E-state index is 6.49. The third kappa shape index (κ3) is 2.41. The molecule has 2 aromatic carbocycles. The van der Waals surface area contributed by atoms with Gasteiger partial charge in [-0.3, -0.25) is 0 Å². The smallest absolute Gasteiger partial charge is 0.138 e. The molecule has 1 aliphatic rings. The number of halogens is 1. The van der Waals surface area contributed by atoms with E-state index < -0.39 is 0 Å².